The van der Waals surface area contributed by atoms with Crippen molar-refractivity contribution in [3.63, 3.8) is 0 Å². The summed E-state index contributed by atoms with van der Waals surface area (Å²) in [6, 6.07) is 9.52. The number of aryl methyl sites for hydroxylation is 1. The van der Waals surface area contributed by atoms with E-state index in [9.17, 15) is 4.79 Å². The molecule has 6 heteroatoms. The highest BCUT2D eigenvalue weighted by Crippen LogP contribution is 2.23. The van der Waals surface area contributed by atoms with Crippen molar-refractivity contribution in [2.75, 3.05) is 13.2 Å². The van der Waals surface area contributed by atoms with E-state index in [-0.39, 0.29) is 12.3 Å². The van der Waals surface area contributed by atoms with E-state index in [0.717, 1.165) is 12.0 Å². The highest BCUT2D eigenvalue weighted by molar-refractivity contribution is 5.94. The zero-order valence-corrected chi connectivity index (χ0v) is 12.0. The average molecular weight is 289 g/mol. The van der Waals surface area contributed by atoms with Crippen molar-refractivity contribution in [1.82, 2.24) is 15.0 Å². The molecular formula is C15H19N3O3. The maximum absolute atomic E-state index is 12.0. The van der Waals surface area contributed by atoms with Gasteiger partial charge in [-0.3, -0.25) is 0 Å². The van der Waals surface area contributed by atoms with Gasteiger partial charge in [-0.25, -0.2) is 9.48 Å². The van der Waals surface area contributed by atoms with E-state index < -0.39 is 5.97 Å². The standard InChI is InChI=1S/C15H19N3O3/c1-2-21-15(20)13-14(12-8-4-3-5-9-12)18(17-16-13)10-6-7-11-19/h3-5,8-9,19H,2,6-7,10-11H2,1H3. The first-order chi connectivity index (χ1) is 10.3. The van der Waals surface area contributed by atoms with E-state index in [4.69, 9.17) is 9.84 Å². The molecule has 21 heavy (non-hydrogen) atoms. The molecule has 0 bridgehead atoms. The van der Waals surface area contributed by atoms with Gasteiger partial charge in [0.15, 0.2) is 5.69 Å². The van der Waals surface area contributed by atoms with Crippen LogP contribution in [0.15, 0.2) is 30.3 Å². The second kappa shape index (κ2) is 7.54. The Morgan fingerprint density at radius 1 is 1.29 bits per heavy atom. The van der Waals surface area contributed by atoms with Crippen LogP contribution >= 0.6 is 0 Å². The van der Waals surface area contributed by atoms with Crippen LogP contribution in [0.5, 0.6) is 0 Å². The van der Waals surface area contributed by atoms with Crippen molar-refractivity contribution in [1.29, 1.82) is 0 Å². The number of carbonyl (C=O) groups is 1. The first kappa shape index (κ1) is 15.2. The summed E-state index contributed by atoms with van der Waals surface area (Å²) in [7, 11) is 0. The Kier molecular flexibility index (Phi) is 5.45. The van der Waals surface area contributed by atoms with E-state index in [2.05, 4.69) is 10.3 Å². The Balaban J connectivity index is 2.35. The number of aliphatic hydroxyl groups excluding tert-OH is 1. The SMILES string of the molecule is CCOC(=O)c1nnn(CCCCO)c1-c1ccccc1. The molecule has 1 heterocycles. The van der Waals surface area contributed by atoms with Crippen LogP contribution in [0.25, 0.3) is 11.3 Å². The number of aliphatic hydroxyl groups is 1. The molecule has 112 valence electrons. The summed E-state index contributed by atoms with van der Waals surface area (Å²) in [5.74, 6) is -0.468. The van der Waals surface area contributed by atoms with Gasteiger partial charge < -0.3 is 9.84 Å². The van der Waals surface area contributed by atoms with Gasteiger partial charge in [-0.15, -0.1) is 5.10 Å². The Bertz CT molecular complexity index is 581. The third-order valence-corrected chi connectivity index (χ3v) is 3.03. The summed E-state index contributed by atoms with van der Waals surface area (Å²) in [6.45, 7) is 2.79. The van der Waals surface area contributed by atoms with Gasteiger partial charge in [-0.1, -0.05) is 35.5 Å². The van der Waals surface area contributed by atoms with Gasteiger partial charge in [0.1, 0.15) is 5.69 Å². The van der Waals surface area contributed by atoms with E-state index in [1.54, 1.807) is 11.6 Å². The number of esters is 1. The van der Waals surface area contributed by atoms with Gasteiger partial charge in [-0.2, -0.15) is 0 Å². The van der Waals surface area contributed by atoms with Crippen molar-refractivity contribution < 1.29 is 14.6 Å². The number of rotatable bonds is 7. The van der Waals surface area contributed by atoms with Gasteiger partial charge >= 0.3 is 5.97 Å². The van der Waals surface area contributed by atoms with Crippen LogP contribution in [0.2, 0.25) is 0 Å². The van der Waals surface area contributed by atoms with Crippen molar-refractivity contribution in [2.45, 2.75) is 26.3 Å². The van der Waals surface area contributed by atoms with Gasteiger partial charge in [0.25, 0.3) is 0 Å². The first-order valence-corrected chi connectivity index (χ1v) is 7.04. The third-order valence-electron chi connectivity index (χ3n) is 3.03. The van der Waals surface area contributed by atoms with E-state index in [1.165, 1.54) is 0 Å². The van der Waals surface area contributed by atoms with Crippen LogP contribution in [0.4, 0.5) is 0 Å². The predicted molar refractivity (Wildman–Crippen MR) is 77.7 cm³/mol. The van der Waals surface area contributed by atoms with Crippen LogP contribution < -0.4 is 0 Å². The van der Waals surface area contributed by atoms with E-state index >= 15 is 0 Å². The van der Waals surface area contributed by atoms with Crippen LogP contribution in [0.1, 0.15) is 30.3 Å². The fourth-order valence-corrected chi connectivity index (χ4v) is 2.06. The Morgan fingerprint density at radius 2 is 2.05 bits per heavy atom. The van der Waals surface area contributed by atoms with E-state index in [0.29, 0.717) is 25.3 Å². The number of unbranched alkanes of at least 4 members (excludes halogenated alkanes) is 1. The molecule has 0 amide bonds. The number of ether oxygens (including phenoxy) is 1. The molecule has 0 fully saturated rings. The highest BCUT2D eigenvalue weighted by Gasteiger charge is 2.21. The highest BCUT2D eigenvalue weighted by atomic mass is 16.5. The molecule has 2 rings (SSSR count). The summed E-state index contributed by atoms with van der Waals surface area (Å²) in [4.78, 5) is 12.0. The van der Waals surface area contributed by atoms with E-state index in [1.807, 2.05) is 30.3 Å². The number of aromatic nitrogens is 3. The molecule has 0 unspecified atom stereocenters. The summed E-state index contributed by atoms with van der Waals surface area (Å²) < 4.78 is 6.73. The van der Waals surface area contributed by atoms with Crippen molar-refractivity contribution in [2.24, 2.45) is 0 Å². The fourth-order valence-electron chi connectivity index (χ4n) is 2.06. The second-order valence-electron chi connectivity index (χ2n) is 4.53. The largest absolute Gasteiger partial charge is 0.461 e. The second-order valence-corrected chi connectivity index (χ2v) is 4.53. The third kappa shape index (κ3) is 3.66. The molecule has 6 nitrogen and oxygen atoms in total. The topological polar surface area (TPSA) is 77.2 Å². The normalized spacial score (nSPS) is 10.6. The minimum atomic E-state index is -0.468. The Hall–Kier alpha value is -2.21. The molecule has 0 saturated heterocycles. The lowest BCUT2D eigenvalue weighted by molar-refractivity contribution is 0.0520. The zero-order chi connectivity index (χ0) is 15.1. The molecule has 0 aliphatic rings. The number of hydrogen-bond acceptors (Lipinski definition) is 5. The number of nitrogens with zero attached hydrogens (tertiary/aromatic N) is 3. The lowest BCUT2D eigenvalue weighted by Crippen LogP contribution is -2.08. The fraction of sp³-hybridized carbons (Fsp3) is 0.400. The minimum absolute atomic E-state index is 0.139. The molecule has 0 aliphatic heterocycles. The van der Waals surface area contributed by atoms with Crippen LogP contribution in [0, 0.1) is 0 Å². The summed E-state index contributed by atoms with van der Waals surface area (Å²) in [5.41, 5.74) is 1.76. The van der Waals surface area contributed by atoms with Crippen LogP contribution in [-0.4, -0.2) is 39.3 Å². The number of hydrogen-bond donors (Lipinski definition) is 1. The Labute approximate surface area is 123 Å². The molecule has 1 N–H and O–H groups in total. The van der Waals surface area contributed by atoms with Crippen molar-refractivity contribution >= 4 is 5.97 Å². The molecule has 2 aromatic rings. The van der Waals surface area contributed by atoms with Gasteiger partial charge in [0.2, 0.25) is 0 Å². The van der Waals surface area contributed by atoms with Crippen molar-refractivity contribution in [3.8, 4) is 11.3 Å². The summed E-state index contributed by atoms with van der Waals surface area (Å²) >= 11 is 0. The predicted octanol–water partition coefficient (Wildman–Crippen LogP) is 1.89. The molecular weight excluding hydrogens is 270 g/mol. The maximum Gasteiger partial charge on any atom is 0.361 e. The summed E-state index contributed by atoms with van der Waals surface area (Å²) in [6.07, 6.45) is 1.45. The molecule has 1 aromatic heterocycles. The van der Waals surface area contributed by atoms with Gasteiger partial charge in [-0.05, 0) is 19.8 Å². The lowest BCUT2D eigenvalue weighted by Gasteiger charge is -2.07. The smallest absolute Gasteiger partial charge is 0.361 e. The lowest BCUT2D eigenvalue weighted by atomic mass is 10.1. The Morgan fingerprint density at radius 3 is 2.71 bits per heavy atom. The number of benzene rings is 1. The molecule has 0 spiro atoms. The zero-order valence-electron chi connectivity index (χ0n) is 12.0. The quantitative estimate of drug-likeness (QED) is 0.622. The minimum Gasteiger partial charge on any atom is -0.461 e. The van der Waals surface area contributed by atoms with Gasteiger partial charge in [0, 0.05) is 18.7 Å². The molecule has 0 radical (unpaired) electrons. The summed E-state index contributed by atoms with van der Waals surface area (Å²) in [5, 5.41) is 16.9. The van der Waals surface area contributed by atoms with Crippen LogP contribution in [0.3, 0.4) is 0 Å². The monoisotopic (exact) mass is 289 g/mol. The average Bonchev–Trinajstić information content (AvgIpc) is 2.93. The maximum atomic E-state index is 12.0. The molecule has 0 atom stereocenters. The molecule has 0 saturated carbocycles. The van der Waals surface area contributed by atoms with Gasteiger partial charge in [0.05, 0.1) is 6.61 Å². The number of carbonyl (C=O) groups excluding carboxylic acids is 1. The first-order valence-electron chi connectivity index (χ1n) is 7.04. The molecule has 0 aliphatic carbocycles. The molecule has 1 aromatic carbocycles. The van der Waals surface area contributed by atoms with Crippen LogP contribution in [-0.2, 0) is 11.3 Å². The van der Waals surface area contributed by atoms with Crippen molar-refractivity contribution in [3.05, 3.63) is 36.0 Å².